The molecule has 0 aromatic rings. The highest BCUT2D eigenvalue weighted by atomic mass is 14.5. The van der Waals surface area contributed by atoms with Gasteiger partial charge in [0.15, 0.2) is 0 Å². The molecule has 2 nitrogen and oxygen atoms in total. The second-order valence-corrected chi connectivity index (χ2v) is 1.31. The molecule has 0 aliphatic rings. The van der Waals surface area contributed by atoms with Crippen LogP contribution in [0.25, 0.3) is 0 Å². The third-order valence-electron chi connectivity index (χ3n) is 0.681. The maximum absolute atomic E-state index is 5.06. The van der Waals surface area contributed by atoms with E-state index in [0.717, 1.165) is 5.57 Å². The van der Waals surface area contributed by atoms with E-state index in [1.165, 1.54) is 6.20 Å². The number of allylic oxidation sites excluding steroid dienone is 2. The van der Waals surface area contributed by atoms with Gasteiger partial charge in [0.25, 0.3) is 0 Å². The van der Waals surface area contributed by atoms with Crippen LogP contribution >= 0.6 is 0 Å². The predicted octanol–water partition coefficient (Wildman–Crippen LogP) is -0.396. The predicted molar refractivity (Wildman–Crippen MR) is 30.0 cm³/mol. The Morgan fingerprint density at radius 2 is 2.29 bits per heavy atom. The Morgan fingerprint density at radius 3 is 2.43 bits per heavy atom. The van der Waals surface area contributed by atoms with Gasteiger partial charge in [0.05, 0.1) is 6.20 Å². The number of rotatable bonds is 1. The lowest BCUT2D eigenvalue weighted by molar-refractivity contribution is -0.275. The highest BCUT2D eigenvalue weighted by Crippen LogP contribution is 1.85. The lowest BCUT2D eigenvalue weighted by Crippen LogP contribution is -2.39. The van der Waals surface area contributed by atoms with Crippen molar-refractivity contribution in [3.8, 4) is 0 Å². The highest BCUT2D eigenvalue weighted by Gasteiger charge is 1.73. The monoisotopic (exact) mass is 99.1 g/mol. The summed E-state index contributed by atoms with van der Waals surface area (Å²) in [7, 11) is 0. The van der Waals surface area contributed by atoms with E-state index in [9.17, 15) is 0 Å². The number of quaternary nitrogens is 1. The summed E-state index contributed by atoms with van der Waals surface area (Å²) in [5, 5.41) is 0. The molecule has 0 aromatic carbocycles. The van der Waals surface area contributed by atoms with E-state index in [-0.39, 0.29) is 0 Å². The van der Waals surface area contributed by atoms with E-state index in [1.807, 2.05) is 6.92 Å². The fourth-order valence-corrected chi connectivity index (χ4v) is 0.220. The molecule has 2 heteroatoms. The van der Waals surface area contributed by atoms with E-state index < -0.39 is 0 Å². The van der Waals surface area contributed by atoms with Crippen LogP contribution in [0.1, 0.15) is 6.92 Å². The molecule has 0 radical (unpaired) electrons. The minimum absolute atomic E-state index is 1.09. The number of hydrogen-bond acceptors (Lipinski definition) is 1. The van der Waals surface area contributed by atoms with Gasteiger partial charge in [0, 0.05) is 5.57 Å². The molecule has 0 saturated heterocycles. The molecule has 0 fully saturated rings. The fraction of sp³-hybridized carbons (Fsp3) is 0.200. The molecule has 0 heterocycles. The molecule has 40 valence electrons. The third kappa shape index (κ3) is 3.06. The third-order valence-corrected chi connectivity index (χ3v) is 0.681. The van der Waals surface area contributed by atoms with Crippen LogP contribution in [0.5, 0.6) is 0 Å². The quantitative estimate of drug-likeness (QED) is 0.432. The molecule has 0 spiro atoms. The molecule has 0 bridgehead atoms. The minimum Gasteiger partial charge on any atom is -0.405 e. The summed E-state index contributed by atoms with van der Waals surface area (Å²) in [5.41, 5.74) is 9.68. The Kier molecular flexibility index (Phi) is 3.06. The molecule has 0 aromatic heterocycles. The number of nitrogens with two attached hydrogens (primary N) is 1. The van der Waals surface area contributed by atoms with E-state index in [2.05, 4.69) is 5.73 Å². The van der Waals surface area contributed by atoms with Crippen LogP contribution < -0.4 is 11.5 Å². The Labute approximate surface area is 43.5 Å². The average molecular weight is 99.2 g/mol. The number of hydrogen-bond donors (Lipinski definition) is 2. The molecule has 0 unspecified atom stereocenters. The summed E-state index contributed by atoms with van der Waals surface area (Å²) in [4.78, 5) is 0. The van der Waals surface area contributed by atoms with Gasteiger partial charge in [-0.3, -0.25) is 0 Å². The zero-order valence-electron chi connectivity index (χ0n) is 4.52. The lowest BCUT2D eigenvalue weighted by atomic mass is 10.3. The summed E-state index contributed by atoms with van der Waals surface area (Å²) < 4.78 is 0. The summed E-state index contributed by atoms with van der Waals surface area (Å²) >= 11 is 0. The van der Waals surface area contributed by atoms with E-state index in [1.54, 1.807) is 12.3 Å². The van der Waals surface area contributed by atoms with Gasteiger partial charge in [-0.25, -0.2) is 0 Å². The van der Waals surface area contributed by atoms with Gasteiger partial charge in [-0.1, -0.05) is 0 Å². The van der Waals surface area contributed by atoms with Gasteiger partial charge in [-0.2, -0.15) is 0 Å². The van der Waals surface area contributed by atoms with Gasteiger partial charge < -0.3 is 11.5 Å². The lowest BCUT2D eigenvalue weighted by Gasteiger charge is -1.78. The molecule has 0 saturated carbocycles. The first-order valence-electron chi connectivity index (χ1n) is 2.15. The fourth-order valence-electron chi connectivity index (χ4n) is 0.220. The van der Waals surface area contributed by atoms with E-state index in [0.29, 0.717) is 0 Å². The van der Waals surface area contributed by atoms with Crippen LogP contribution in [0.15, 0.2) is 24.0 Å². The maximum atomic E-state index is 5.06. The van der Waals surface area contributed by atoms with E-state index >= 15 is 0 Å². The summed E-state index contributed by atoms with van der Waals surface area (Å²) in [6.07, 6.45) is 5.05. The molecule has 7 heavy (non-hydrogen) atoms. The van der Waals surface area contributed by atoms with Crippen LogP contribution in [-0.4, -0.2) is 0 Å². The van der Waals surface area contributed by atoms with Gasteiger partial charge in [-0.15, -0.1) is 0 Å². The van der Waals surface area contributed by atoms with Crippen molar-refractivity contribution >= 4 is 0 Å². The Hall–Kier alpha value is -0.760. The van der Waals surface area contributed by atoms with Crippen LogP contribution in [0.4, 0.5) is 0 Å². The maximum Gasteiger partial charge on any atom is 0.0939 e. The van der Waals surface area contributed by atoms with Crippen molar-refractivity contribution in [2.45, 2.75) is 6.92 Å². The first-order chi connectivity index (χ1) is 3.31. The van der Waals surface area contributed by atoms with Crippen molar-refractivity contribution in [3.63, 3.8) is 0 Å². The van der Waals surface area contributed by atoms with Gasteiger partial charge in [0.2, 0.25) is 0 Å². The van der Waals surface area contributed by atoms with Crippen LogP contribution in [0, 0.1) is 0 Å². The topological polar surface area (TPSA) is 53.7 Å². The molecular weight excluding hydrogens is 88.1 g/mol. The summed E-state index contributed by atoms with van der Waals surface area (Å²) in [6, 6.07) is 0. The molecular formula is C5H11N2+. The minimum atomic E-state index is 1.09. The molecule has 0 rings (SSSR count). The van der Waals surface area contributed by atoms with Crippen molar-refractivity contribution in [3.05, 3.63) is 24.0 Å². The van der Waals surface area contributed by atoms with Crippen molar-refractivity contribution < 1.29 is 5.73 Å². The first kappa shape index (κ1) is 6.24. The summed E-state index contributed by atoms with van der Waals surface area (Å²) in [5.74, 6) is 0. The zero-order chi connectivity index (χ0) is 5.70. The molecule has 0 atom stereocenters. The van der Waals surface area contributed by atoms with Crippen molar-refractivity contribution in [2.24, 2.45) is 5.73 Å². The average Bonchev–Trinajstić information content (AvgIpc) is 1.68. The largest absolute Gasteiger partial charge is 0.405 e. The Morgan fingerprint density at radius 1 is 1.71 bits per heavy atom. The van der Waals surface area contributed by atoms with Crippen LogP contribution in [-0.2, 0) is 0 Å². The van der Waals surface area contributed by atoms with Crippen molar-refractivity contribution in [1.29, 1.82) is 0 Å². The highest BCUT2D eigenvalue weighted by molar-refractivity contribution is 5.10. The van der Waals surface area contributed by atoms with Crippen LogP contribution in [0.2, 0.25) is 0 Å². The van der Waals surface area contributed by atoms with Crippen molar-refractivity contribution in [2.75, 3.05) is 0 Å². The van der Waals surface area contributed by atoms with Crippen LogP contribution in [0.3, 0.4) is 0 Å². The second kappa shape index (κ2) is 3.43. The van der Waals surface area contributed by atoms with Gasteiger partial charge in [0.1, 0.15) is 0 Å². The normalized spacial score (nSPS) is 13.1. The molecule has 0 aliphatic carbocycles. The zero-order valence-corrected chi connectivity index (χ0v) is 4.52. The molecule has 0 aliphatic heterocycles. The molecule has 5 N–H and O–H groups in total. The Balaban J connectivity index is 3.58. The smallest absolute Gasteiger partial charge is 0.0939 e. The van der Waals surface area contributed by atoms with E-state index in [4.69, 9.17) is 5.73 Å². The van der Waals surface area contributed by atoms with Crippen molar-refractivity contribution in [1.82, 2.24) is 0 Å². The van der Waals surface area contributed by atoms with Gasteiger partial charge >= 0.3 is 0 Å². The second-order valence-electron chi connectivity index (χ2n) is 1.31. The first-order valence-corrected chi connectivity index (χ1v) is 2.15. The SMILES string of the molecule is CC(/C=C\N)=C/[NH3+]. The summed E-state index contributed by atoms with van der Waals surface area (Å²) in [6.45, 7) is 1.94. The Bertz CT molecular complexity index is 92.3. The molecule has 0 amide bonds. The standard InChI is InChI=1S/C5H10N2/c1-5(4-7)2-3-6/h2-4H,6-7H2,1H3/p+1/b3-2-,5-4-. The van der Waals surface area contributed by atoms with Gasteiger partial charge in [-0.05, 0) is 19.2 Å².